The van der Waals surface area contributed by atoms with Gasteiger partial charge in [-0.1, -0.05) is 30.0 Å². The Kier molecular flexibility index (Phi) is 4.24. The van der Waals surface area contributed by atoms with Gasteiger partial charge in [-0.15, -0.1) is 0 Å². The highest BCUT2D eigenvalue weighted by Gasteiger charge is 2.20. The lowest BCUT2D eigenvalue weighted by atomic mass is 10.1. The predicted molar refractivity (Wildman–Crippen MR) is 95.1 cm³/mol. The first-order valence-corrected chi connectivity index (χ1v) is 8.71. The van der Waals surface area contributed by atoms with Crippen molar-refractivity contribution in [2.24, 2.45) is 0 Å². The van der Waals surface area contributed by atoms with E-state index < -0.39 is 0 Å². The number of carbonyl (C=O) groups excluding carboxylic acids is 1. The minimum atomic E-state index is -0.0824. The highest BCUT2D eigenvalue weighted by Crippen LogP contribution is 2.48. The van der Waals surface area contributed by atoms with Crippen LogP contribution in [0, 0.1) is 0 Å². The van der Waals surface area contributed by atoms with Gasteiger partial charge in [0.15, 0.2) is 0 Å². The largest absolute Gasteiger partial charge is 0.355 e. The van der Waals surface area contributed by atoms with Gasteiger partial charge in [-0.2, -0.15) is 0 Å². The molecule has 1 N–H and O–H groups in total. The van der Waals surface area contributed by atoms with E-state index in [1.54, 1.807) is 18.8 Å². The maximum absolute atomic E-state index is 11.8. The van der Waals surface area contributed by atoms with E-state index in [0.717, 1.165) is 25.0 Å². The summed E-state index contributed by atoms with van der Waals surface area (Å²) in [6, 6.07) is 14.0. The van der Waals surface area contributed by atoms with Crippen molar-refractivity contribution in [3.05, 3.63) is 59.2 Å². The Morgan fingerprint density at radius 2 is 1.67 bits per heavy atom. The van der Waals surface area contributed by atoms with E-state index in [-0.39, 0.29) is 5.91 Å². The summed E-state index contributed by atoms with van der Waals surface area (Å²) in [5.41, 5.74) is 2.82. The van der Waals surface area contributed by atoms with Crippen LogP contribution in [-0.2, 0) is 0 Å². The number of nitrogens with one attached hydrogen (secondary N) is 1. The Balaban J connectivity index is 2.22. The molecule has 0 radical (unpaired) electrons. The molecule has 1 amide bonds. The van der Waals surface area contributed by atoms with E-state index in [1.165, 1.54) is 4.90 Å². The molecule has 2 nitrogen and oxygen atoms in total. The number of rotatable bonds is 1. The number of hydrogen-bond donors (Lipinski definition) is 1. The average molecular weight is 425 g/mol. The van der Waals surface area contributed by atoms with E-state index in [2.05, 4.69) is 49.3 Å². The van der Waals surface area contributed by atoms with Crippen molar-refractivity contribution in [1.82, 2.24) is 5.32 Å². The van der Waals surface area contributed by atoms with Gasteiger partial charge in [-0.3, -0.25) is 4.79 Å². The molecular weight excluding hydrogens is 414 g/mol. The summed E-state index contributed by atoms with van der Waals surface area (Å²) in [7, 11) is 1.64. The van der Waals surface area contributed by atoms with E-state index in [0.29, 0.717) is 5.56 Å². The highest BCUT2D eigenvalue weighted by atomic mass is 79.9. The molecular formula is C16H11Br2NOS. The van der Waals surface area contributed by atoms with E-state index in [9.17, 15) is 4.79 Å². The van der Waals surface area contributed by atoms with Crippen LogP contribution in [0.25, 0.3) is 8.96 Å². The molecule has 0 bridgehead atoms. The molecule has 0 aromatic heterocycles. The second-order valence-corrected chi connectivity index (χ2v) is 7.19. The summed E-state index contributed by atoms with van der Waals surface area (Å²) in [6.45, 7) is 0. The molecule has 0 spiro atoms. The normalized spacial score (nSPS) is 13.3. The molecule has 0 atom stereocenters. The molecule has 1 aliphatic heterocycles. The van der Waals surface area contributed by atoms with Crippen LogP contribution in [0.3, 0.4) is 0 Å². The molecule has 2 aromatic rings. The molecule has 0 fully saturated rings. The fourth-order valence-corrected chi connectivity index (χ4v) is 4.60. The SMILES string of the molecule is CNC(=O)c1ccc2c(c1)C(Br)=C(Br)c1ccccc1S2. The third-order valence-electron chi connectivity index (χ3n) is 3.24. The molecule has 1 heterocycles. The van der Waals surface area contributed by atoms with Gasteiger partial charge in [-0.25, -0.2) is 0 Å². The van der Waals surface area contributed by atoms with Crippen molar-refractivity contribution in [3.63, 3.8) is 0 Å². The molecule has 21 heavy (non-hydrogen) atoms. The predicted octanol–water partition coefficient (Wildman–Crippen LogP) is 5.13. The van der Waals surface area contributed by atoms with Gasteiger partial charge in [0.1, 0.15) is 0 Å². The van der Waals surface area contributed by atoms with Gasteiger partial charge in [-0.05, 0) is 56.1 Å². The summed E-state index contributed by atoms with van der Waals surface area (Å²) < 4.78 is 1.96. The number of amides is 1. The smallest absolute Gasteiger partial charge is 0.251 e. The second-order valence-electron chi connectivity index (χ2n) is 4.52. The molecule has 1 aliphatic rings. The van der Waals surface area contributed by atoms with Crippen molar-refractivity contribution in [3.8, 4) is 0 Å². The van der Waals surface area contributed by atoms with Gasteiger partial charge in [0.2, 0.25) is 0 Å². The van der Waals surface area contributed by atoms with Gasteiger partial charge in [0, 0.05) is 42.5 Å². The monoisotopic (exact) mass is 423 g/mol. The van der Waals surface area contributed by atoms with Crippen molar-refractivity contribution < 1.29 is 4.79 Å². The Morgan fingerprint density at radius 3 is 2.43 bits per heavy atom. The van der Waals surface area contributed by atoms with Crippen LogP contribution >= 0.6 is 43.6 Å². The fourth-order valence-electron chi connectivity index (χ4n) is 2.17. The molecule has 3 rings (SSSR count). The van der Waals surface area contributed by atoms with Crippen molar-refractivity contribution >= 4 is 58.5 Å². The van der Waals surface area contributed by atoms with E-state index >= 15 is 0 Å². The summed E-state index contributed by atoms with van der Waals surface area (Å²) in [6.07, 6.45) is 0. The number of benzene rings is 2. The molecule has 0 unspecified atom stereocenters. The van der Waals surface area contributed by atoms with Crippen molar-refractivity contribution in [2.45, 2.75) is 9.79 Å². The molecule has 2 aromatic carbocycles. The average Bonchev–Trinajstić information content (AvgIpc) is 2.63. The zero-order chi connectivity index (χ0) is 15.0. The lowest BCUT2D eigenvalue weighted by Gasteiger charge is -2.08. The molecule has 0 saturated heterocycles. The lowest BCUT2D eigenvalue weighted by Crippen LogP contribution is -2.17. The quantitative estimate of drug-likeness (QED) is 0.687. The number of hydrogen-bond acceptors (Lipinski definition) is 2. The summed E-state index contributed by atoms with van der Waals surface area (Å²) in [5.74, 6) is -0.0824. The maximum Gasteiger partial charge on any atom is 0.251 e. The van der Waals surface area contributed by atoms with E-state index in [4.69, 9.17) is 0 Å². The summed E-state index contributed by atoms with van der Waals surface area (Å²) in [4.78, 5) is 14.1. The maximum atomic E-state index is 11.8. The van der Waals surface area contributed by atoms with Gasteiger partial charge >= 0.3 is 0 Å². The summed E-state index contributed by atoms with van der Waals surface area (Å²) >= 11 is 9.04. The van der Waals surface area contributed by atoms with Crippen LogP contribution in [0.15, 0.2) is 52.3 Å². The highest BCUT2D eigenvalue weighted by molar-refractivity contribution is 9.18. The zero-order valence-corrected chi connectivity index (χ0v) is 15.1. The van der Waals surface area contributed by atoms with Gasteiger partial charge < -0.3 is 5.32 Å². The fraction of sp³-hybridized carbons (Fsp3) is 0.0625. The van der Waals surface area contributed by atoms with Crippen LogP contribution in [0.2, 0.25) is 0 Å². The minimum Gasteiger partial charge on any atom is -0.355 e. The van der Waals surface area contributed by atoms with Crippen LogP contribution < -0.4 is 5.32 Å². The first-order chi connectivity index (χ1) is 10.1. The number of fused-ring (bicyclic) bond motifs is 2. The van der Waals surface area contributed by atoms with Gasteiger partial charge in [0.25, 0.3) is 5.91 Å². The summed E-state index contributed by atoms with van der Waals surface area (Å²) in [5, 5.41) is 2.66. The molecule has 0 saturated carbocycles. The molecule has 0 aliphatic carbocycles. The minimum absolute atomic E-state index is 0.0824. The van der Waals surface area contributed by atoms with Crippen LogP contribution in [-0.4, -0.2) is 13.0 Å². The number of carbonyl (C=O) groups is 1. The molecule has 5 heteroatoms. The Morgan fingerprint density at radius 1 is 1.00 bits per heavy atom. The first kappa shape index (κ1) is 14.9. The first-order valence-electron chi connectivity index (χ1n) is 6.31. The Hall–Kier alpha value is -1.04. The van der Waals surface area contributed by atoms with E-state index in [1.807, 2.05) is 30.3 Å². The molecule has 106 valence electrons. The topological polar surface area (TPSA) is 29.1 Å². The van der Waals surface area contributed by atoms with Crippen LogP contribution in [0.5, 0.6) is 0 Å². The second kappa shape index (κ2) is 5.99. The lowest BCUT2D eigenvalue weighted by molar-refractivity contribution is 0.0963. The van der Waals surface area contributed by atoms with Crippen LogP contribution in [0.1, 0.15) is 21.5 Å². The van der Waals surface area contributed by atoms with Crippen molar-refractivity contribution in [1.29, 1.82) is 0 Å². The Bertz CT molecular complexity index is 771. The third-order valence-corrected chi connectivity index (χ3v) is 6.57. The van der Waals surface area contributed by atoms with Gasteiger partial charge in [0.05, 0.1) is 0 Å². The van der Waals surface area contributed by atoms with Crippen molar-refractivity contribution in [2.75, 3.05) is 7.05 Å². The number of halogens is 2. The third kappa shape index (κ3) is 2.70. The zero-order valence-electron chi connectivity index (χ0n) is 11.1. The standard InChI is InChI=1S/C16H11Br2NOS/c1-19-16(20)9-6-7-13-11(8-9)15(18)14(17)10-4-2-3-5-12(10)21-13/h2-8H,1H3,(H,19,20). The van der Waals surface area contributed by atoms with Crippen LogP contribution in [0.4, 0.5) is 0 Å². The Labute approximate surface area is 144 Å².